The minimum Gasteiger partial charge on any atom is -0.387 e. The van der Waals surface area contributed by atoms with Crippen molar-refractivity contribution in [3.8, 4) is 0 Å². The summed E-state index contributed by atoms with van der Waals surface area (Å²) in [6, 6.07) is 0. The number of rotatable bonds is 0. The van der Waals surface area contributed by atoms with E-state index in [1.165, 1.54) is 0 Å². The number of carbonyl (C=O) groups is 2. The van der Waals surface area contributed by atoms with E-state index in [2.05, 4.69) is 6.58 Å². The van der Waals surface area contributed by atoms with Crippen molar-refractivity contribution >= 4 is 11.6 Å². The number of Topliss-reactive ketones (excluding diaryl/α,β-unsaturated/α-hetero) is 1. The van der Waals surface area contributed by atoms with Crippen molar-refractivity contribution in [2.75, 3.05) is 6.61 Å². The number of ether oxygens (including phenoxy) is 1. The van der Waals surface area contributed by atoms with Crippen LogP contribution in [0, 0.1) is 34.0 Å². The molecule has 0 amide bonds. The van der Waals surface area contributed by atoms with Crippen LogP contribution in [0.3, 0.4) is 0 Å². The topological polar surface area (TPSA) is 83.8 Å². The minimum atomic E-state index is -1.94. The van der Waals surface area contributed by atoms with E-state index in [0.717, 1.165) is 6.42 Å². The van der Waals surface area contributed by atoms with E-state index >= 15 is 0 Å². The highest BCUT2D eigenvalue weighted by Gasteiger charge is 2.84. The molecule has 3 saturated carbocycles. The maximum absolute atomic E-state index is 13.2. The number of hydrogen-bond acceptors (Lipinski definition) is 5. The molecule has 0 aromatic heterocycles. The Hall–Kier alpha value is -1.30. The Bertz CT molecular complexity index is 766. The van der Waals surface area contributed by atoms with Crippen LogP contribution in [0.25, 0.3) is 0 Å². The fourth-order valence-electron chi connectivity index (χ4n) is 7.16. The molecular weight excluding hydrogens is 320 g/mol. The monoisotopic (exact) mass is 344 g/mol. The van der Waals surface area contributed by atoms with Gasteiger partial charge in [0.05, 0.1) is 17.4 Å². The fraction of sp³-hybridized carbons (Fsp3) is 0.700. The third-order valence-corrected chi connectivity index (χ3v) is 8.14. The van der Waals surface area contributed by atoms with Gasteiger partial charge < -0.3 is 14.9 Å². The van der Waals surface area contributed by atoms with Crippen LogP contribution < -0.4 is 0 Å². The molecule has 0 aromatic carbocycles. The van der Waals surface area contributed by atoms with Gasteiger partial charge in [-0.05, 0) is 48.2 Å². The Morgan fingerprint density at radius 1 is 1.28 bits per heavy atom. The number of carbonyl (C=O) groups excluding carboxylic acids is 2. The van der Waals surface area contributed by atoms with Crippen LogP contribution in [-0.4, -0.2) is 40.3 Å². The highest BCUT2D eigenvalue weighted by atomic mass is 16.6. The Kier molecular flexibility index (Phi) is 2.65. The molecule has 2 spiro atoms. The van der Waals surface area contributed by atoms with E-state index in [9.17, 15) is 19.8 Å². The molecule has 2 aliphatic heterocycles. The van der Waals surface area contributed by atoms with Gasteiger partial charge in [0, 0.05) is 5.92 Å². The summed E-state index contributed by atoms with van der Waals surface area (Å²) in [6.07, 6.45) is 4.04. The summed E-state index contributed by atoms with van der Waals surface area (Å²) in [6.45, 7) is 7.97. The predicted octanol–water partition coefficient (Wildman–Crippen LogP) is 1.39. The van der Waals surface area contributed by atoms with E-state index in [1.54, 1.807) is 6.08 Å². The molecule has 6 aliphatic rings. The van der Waals surface area contributed by atoms with Crippen LogP contribution >= 0.6 is 0 Å². The summed E-state index contributed by atoms with van der Waals surface area (Å²) < 4.78 is 5.80. The molecule has 134 valence electrons. The highest BCUT2D eigenvalue weighted by Crippen LogP contribution is 2.75. The average molecular weight is 344 g/mol. The van der Waals surface area contributed by atoms with Gasteiger partial charge >= 0.3 is 0 Å². The molecule has 2 heterocycles. The second kappa shape index (κ2) is 4.16. The number of allylic oxidation sites excluding steroid dienone is 3. The van der Waals surface area contributed by atoms with Crippen molar-refractivity contribution < 1.29 is 24.5 Å². The molecule has 5 fully saturated rings. The number of fused-ring (bicyclic) bond motifs is 2. The van der Waals surface area contributed by atoms with Gasteiger partial charge in [-0.1, -0.05) is 26.5 Å². The van der Waals surface area contributed by atoms with Gasteiger partial charge in [0.25, 0.3) is 0 Å². The molecule has 5 nitrogen and oxygen atoms in total. The molecule has 25 heavy (non-hydrogen) atoms. The minimum absolute atomic E-state index is 0.0139. The largest absolute Gasteiger partial charge is 0.387 e. The molecule has 0 aromatic rings. The van der Waals surface area contributed by atoms with Crippen LogP contribution in [0.1, 0.15) is 33.1 Å². The average Bonchev–Trinajstić information content (AvgIpc) is 2.75. The normalized spacial score (nSPS) is 55.3. The van der Waals surface area contributed by atoms with Gasteiger partial charge in [-0.3, -0.25) is 9.59 Å². The maximum Gasteiger partial charge on any atom is 0.205 e. The standard InChI is InChI=1S/C20H24O5/c1-10-11-4-5-12-18-9-25-20(24,19(12,8-11)15(10)22)16(23)14(18)17(2,3)7-6-13(18)21/h6-7,11-12,14,16,23-24H,1,4-5,8-9H2,2-3H3/t11?,12?,14?,16-,18+,19?,20-/m0/s1. The van der Waals surface area contributed by atoms with Gasteiger partial charge in [-0.25, -0.2) is 0 Å². The van der Waals surface area contributed by atoms with Gasteiger partial charge in [0.2, 0.25) is 5.79 Å². The molecule has 4 aliphatic carbocycles. The van der Waals surface area contributed by atoms with Crippen LogP contribution in [-0.2, 0) is 14.3 Å². The third-order valence-electron chi connectivity index (χ3n) is 8.14. The zero-order chi connectivity index (χ0) is 18.0. The number of hydrogen-bond donors (Lipinski definition) is 2. The first-order chi connectivity index (χ1) is 11.6. The van der Waals surface area contributed by atoms with Gasteiger partial charge in [0.1, 0.15) is 6.10 Å². The molecule has 7 atom stereocenters. The molecule has 2 N–H and O–H groups in total. The third kappa shape index (κ3) is 1.36. The predicted molar refractivity (Wildman–Crippen MR) is 88.2 cm³/mol. The molecule has 4 unspecified atom stereocenters. The lowest BCUT2D eigenvalue weighted by molar-refractivity contribution is -0.422. The molecule has 5 heteroatoms. The van der Waals surface area contributed by atoms with Crippen molar-refractivity contribution in [3.63, 3.8) is 0 Å². The second-order valence-corrected chi connectivity index (χ2v) is 9.32. The summed E-state index contributed by atoms with van der Waals surface area (Å²) in [4.78, 5) is 26.4. The quantitative estimate of drug-likeness (QED) is 0.649. The van der Waals surface area contributed by atoms with Gasteiger partial charge in [-0.15, -0.1) is 0 Å². The summed E-state index contributed by atoms with van der Waals surface area (Å²) in [5.41, 5.74) is -2.14. The van der Waals surface area contributed by atoms with Crippen LogP contribution in [0.5, 0.6) is 0 Å². The number of aliphatic hydroxyl groups is 2. The van der Waals surface area contributed by atoms with E-state index in [1.807, 2.05) is 19.9 Å². The van der Waals surface area contributed by atoms with E-state index in [0.29, 0.717) is 18.4 Å². The van der Waals surface area contributed by atoms with Gasteiger partial charge in [-0.2, -0.15) is 0 Å². The van der Waals surface area contributed by atoms with Crippen molar-refractivity contribution in [1.29, 1.82) is 0 Å². The van der Waals surface area contributed by atoms with Crippen LogP contribution in [0.2, 0.25) is 0 Å². The zero-order valence-electron chi connectivity index (χ0n) is 14.6. The first kappa shape index (κ1) is 15.9. The lowest BCUT2D eigenvalue weighted by Crippen LogP contribution is -2.82. The lowest BCUT2D eigenvalue weighted by Gasteiger charge is -2.71. The van der Waals surface area contributed by atoms with Crippen molar-refractivity contribution in [1.82, 2.24) is 0 Å². The van der Waals surface area contributed by atoms with Crippen molar-refractivity contribution in [3.05, 3.63) is 24.3 Å². The van der Waals surface area contributed by atoms with Gasteiger partial charge in [0.15, 0.2) is 11.6 Å². The van der Waals surface area contributed by atoms with Crippen molar-refractivity contribution in [2.24, 2.45) is 34.0 Å². The van der Waals surface area contributed by atoms with E-state index in [-0.39, 0.29) is 30.0 Å². The first-order valence-electron chi connectivity index (χ1n) is 9.14. The molecule has 6 rings (SSSR count). The van der Waals surface area contributed by atoms with Crippen LogP contribution in [0.15, 0.2) is 24.3 Å². The summed E-state index contributed by atoms with van der Waals surface area (Å²) in [7, 11) is 0. The Morgan fingerprint density at radius 2 is 2.00 bits per heavy atom. The Morgan fingerprint density at radius 3 is 2.72 bits per heavy atom. The van der Waals surface area contributed by atoms with Crippen LogP contribution in [0.4, 0.5) is 0 Å². The van der Waals surface area contributed by atoms with Crippen molar-refractivity contribution in [2.45, 2.75) is 45.0 Å². The Balaban J connectivity index is 1.82. The number of aliphatic hydroxyl groups excluding tert-OH is 1. The van der Waals surface area contributed by atoms with E-state index in [4.69, 9.17) is 4.74 Å². The Labute approximate surface area is 146 Å². The SMILES string of the molecule is C=C1C(=O)C23CC1CCC2[C@@]12CO[C@@]3(O)[C@@H](O)C1C(C)(C)C=CC2=O. The number of ketones is 2. The smallest absolute Gasteiger partial charge is 0.205 e. The summed E-state index contributed by atoms with van der Waals surface area (Å²) in [5.74, 6) is -3.00. The fourth-order valence-corrected chi connectivity index (χ4v) is 7.16. The molecule has 2 saturated heterocycles. The maximum atomic E-state index is 13.2. The lowest BCUT2D eigenvalue weighted by atomic mass is 9.37. The second-order valence-electron chi connectivity index (χ2n) is 9.32. The highest BCUT2D eigenvalue weighted by molar-refractivity contribution is 6.06. The summed E-state index contributed by atoms with van der Waals surface area (Å²) in [5, 5.41) is 22.7. The molecule has 4 bridgehead atoms. The zero-order valence-corrected chi connectivity index (χ0v) is 14.6. The summed E-state index contributed by atoms with van der Waals surface area (Å²) >= 11 is 0. The molecular formula is C20H24O5. The molecule has 0 radical (unpaired) electrons. The van der Waals surface area contributed by atoms with E-state index < -0.39 is 34.1 Å². The first-order valence-corrected chi connectivity index (χ1v) is 9.14.